The van der Waals surface area contributed by atoms with E-state index in [1.54, 1.807) is 0 Å². The van der Waals surface area contributed by atoms with Crippen molar-refractivity contribution in [2.24, 2.45) is 31.8 Å². The number of benzene rings is 4. The molecule has 8 heteroatoms. The topological polar surface area (TPSA) is 113 Å². The van der Waals surface area contributed by atoms with E-state index in [1.807, 2.05) is 12.4 Å². The first-order valence-electron chi connectivity index (χ1n) is 30.1. The van der Waals surface area contributed by atoms with E-state index < -0.39 is 10.8 Å². The second-order valence-corrected chi connectivity index (χ2v) is 24.3. The molecule has 6 heterocycles. The van der Waals surface area contributed by atoms with Crippen molar-refractivity contribution in [1.29, 1.82) is 0 Å². The zero-order chi connectivity index (χ0) is 56.2. The van der Waals surface area contributed by atoms with Crippen LogP contribution in [0.3, 0.4) is 0 Å². The van der Waals surface area contributed by atoms with Gasteiger partial charge in [-0.25, -0.2) is 0 Å². The Bertz CT molecular complexity index is 3520. The van der Waals surface area contributed by atoms with Crippen LogP contribution in [0.1, 0.15) is 151 Å². The molecule has 8 nitrogen and oxygen atoms in total. The number of nitrogens with zero attached hydrogens (tertiary/aromatic N) is 4. The van der Waals surface area contributed by atoms with Crippen molar-refractivity contribution < 1.29 is 0 Å². The number of aromatic amines is 4. The van der Waals surface area contributed by atoms with E-state index in [-0.39, 0.29) is 0 Å². The molecule has 0 unspecified atom stereocenters. The van der Waals surface area contributed by atoms with Crippen molar-refractivity contribution in [3.8, 4) is 33.6 Å². The average molecular weight is 1080 g/mol. The molecule has 2 aliphatic heterocycles. The molecule has 2 atom stereocenters. The summed E-state index contributed by atoms with van der Waals surface area (Å²) in [5.74, 6) is 1.34. The zero-order valence-electron chi connectivity index (χ0n) is 48.6. The summed E-state index contributed by atoms with van der Waals surface area (Å²) in [6, 6.07) is 56.8. The lowest BCUT2D eigenvalue weighted by Gasteiger charge is -2.24. The van der Waals surface area contributed by atoms with E-state index >= 15 is 0 Å². The fraction of sp³-hybridized carbons (Fsp3) is 0.297. The third kappa shape index (κ3) is 11.3. The van der Waals surface area contributed by atoms with Crippen molar-refractivity contribution in [3.05, 3.63) is 239 Å². The maximum atomic E-state index is 5.55. The average Bonchev–Trinajstić information content (AvgIpc) is 3.41. The highest BCUT2D eigenvalue weighted by Crippen LogP contribution is 2.44. The van der Waals surface area contributed by atoms with Gasteiger partial charge in [-0.1, -0.05) is 160 Å². The van der Waals surface area contributed by atoms with Gasteiger partial charge in [0.1, 0.15) is 0 Å². The molecule has 4 N–H and O–H groups in total. The lowest BCUT2D eigenvalue weighted by molar-refractivity contribution is 0.318. The number of hydrogen-bond donors (Lipinski definition) is 4. The normalized spacial score (nSPS) is 18.4. The summed E-state index contributed by atoms with van der Waals surface area (Å²) >= 11 is 0. The summed E-state index contributed by atoms with van der Waals surface area (Å²) in [6.45, 7) is 13.6. The lowest BCUT2D eigenvalue weighted by Crippen LogP contribution is -2.27. The van der Waals surface area contributed by atoms with Gasteiger partial charge in [0.2, 0.25) is 0 Å². The molecule has 0 amide bonds. The molecule has 8 aromatic rings. The minimum Gasteiger partial charge on any atom is -0.357 e. The Hall–Kier alpha value is -8.36. The predicted octanol–water partition coefficient (Wildman–Crippen LogP) is 18.3. The largest absolute Gasteiger partial charge is 0.357 e. The molecule has 2 fully saturated rings. The molecule has 414 valence electrons. The number of hydrogen-bond acceptors (Lipinski definition) is 4. The molecule has 82 heavy (non-hydrogen) atoms. The van der Waals surface area contributed by atoms with Crippen molar-refractivity contribution >= 4 is 35.0 Å². The second kappa shape index (κ2) is 23.6. The third-order valence-electron chi connectivity index (χ3n) is 18.1. The van der Waals surface area contributed by atoms with Gasteiger partial charge < -0.3 is 19.9 Å². The summed E-state index contributed by atoms with van der Waals surface area (Å²) < 4.78 is 0. The van der Waals surface area contributed by atoms with Crippen LogP contribution in [-0.4, -0.2) is 55.9 Å². The van der Waals surface area contributed by atoms with Gasteiger partial charge in [0.15, 0.2) is 0 Å². The summed E-state index contributed by atoms with van der Waals surface area (Å²) in [5, 5.41) is 0. The van der Waals surface area contributed by atoms with Gasteiger partial charge in [-0.15, -0.1) is 0 Å². The zero-order valence-corrected chi connectivity index (χ0v) is 48.6. The lowest BCUT2D eigenvalue weighted by atomic mass is 9.84. The van der Waals surface area contributed by atoms with Crippen LogP contribution in [0.5, 0.6) is 0 Å². The number of nitrogens with one attached hydrogen (secondary N) is 4. The van der Waals surface area contributed by atoms with Gasteiger partial charge in [0.25, 0.3) is 0 Å². The summed E-state index contributed by atoms with van der Waals surface area (Å²) in [6.07, 6.45) is 26.0. The van der Waals surface area contributed by atoms with Crippen LogP contribution in [0.25, 0.3) is 44.8 Å². The minimum absolute atomic E-state index is 0.320. The number of rotatable bonds is 17. The van der Waals surface area contributed by atoms with Crippen molar-refractivity contribution in [2.75, 3.05) is 0 Å². The van der Waals surface area contributed by atoms with Gasteiger partial charge in [-0.3, -0.25) is 20.0 Å². The molecule has 4 aromatic carbocycles. The van der Waals surface area contributed by atoms with Gasteiger partial charge in [0.05, 0.1) is 69.1 Å². The first-order chi connectivity index (χ1) is 40.0. The van der Waals surface area contributed by atoms with Crippen LogP contribution in [0.4, 0.5) is 0 Å². The van der Waals surface area contributed by atoms with E-state index in [4.69, 9.17) is 20.0 Å². The highest BCUT2D eigenvalue weighted by molar-refractivity contribution is 6.09. The van der Waals surface area contributed by atoms with Gasteiger partial charge in [0, 0.05) is 56.9 Å². The van der Waals surface area contributed by atoms with Crippen molar-refractivity contribution in [2.45, 2.75) is 129 Å². The summed E-state index contributed by atoms with van der Waals surface area (Å²) in [4.78, 5) is 36.7. The molecule has 0 radical (unpaired) electrons. The van der Waals surface area contributed by atoms with E-state index in [9.17, 15) is 0 Å². The summed E-state index contributed by atoms with van der Waals surface area (Å²) in [5.41, 5.74) is 19.7. The molecule has 2 saturated carbocycles. The van der Waals surface area contributed by atoms with Gasteiger partial charge in [-0.2, -0.15) is 0 Å². The standard InChI is InChI=1S/C74H78N8/c1-49(51-25-13-7-14-26-51)75-47-57-37-41-65(77-57)73(3,4)67-43-39-61(79-67)69(55-33-21-11-22-34-55)71-59(53-29-17-9-18-30-53)45-63(81-71)64-46-60(54-31-19-10-20-32-54)72(82-64)70(56-35-23-12-24-36-56)62-40-44-68(80-62)74(5,6)66-42-38-58(78-66)48-76-50(2)52-27-15-8-16-28-52/h9-12,17-24,29-52,77-78,81-82H,7-8,13-16,25-28H2,1-6H3/b69-61-,70-62+,75-47?,76-48?/t49-,50-/m1/s1. The molecule has 12 rings (SSSR count). The maximum Gasteiger partial charge on any atom is 0.0733 e. The fourth-order valence-corrected chi connectivity index (χ4v) is 12.9. The quantitative estimate of drug-likeness (QED) is 0.0651. The van der Waals surface area contributed by atoms with Crippen LogP contribution >= 0.6 is 0 Å². The number of allylic oxidation sites excluding steroid dienone is 4. The Morgan fingerprint density at radius 1 is 0.451 bits per heavy atom. The highest BCUT2D eigenvalue weighted by Gasteiger charge is 2.33. The Labute approximate surface area is 485 Å². The Kier molecular flexibility index (Phi) is 15.6. The minimum atomic E-state index is -0.411. The number of H-pyrrole nitrogens is 4. The highest BCUT2D eigenvalue weighted by atomic mass is 14.9. The van der Waals surface area contributed by atoms with Crippen LogP contribution in [0.2, 0.25) is 0 Å². The Morgan fingerprint density at radius 3 is 1.20 bits per heavy atom. The van der Waals surface area contributed by atoms with Gasteiger partial charge in [-0.05, 0) is 162 Å². The van der Waals surface area contributed by atoms with Crippen LogP contribution in [0.15, 0.2) is 213 Å². The van der Waals surface area contributed by atoms with Crippen LogP contribution < -0.4 is 0 Å². The monoisotopic (exact) mass is 1080 g/mol. The number of aliphatic imine (C=N–C) groups is 4. The SMILES string of the molecule is C[C@@H](N=Cc1ccc(C(C)(C)C2=N/C(=C(/c3ccccc3)c3[nH]c(-c4cc(-c5ccccc5)c(/C(=C5\C=CC(C(C)(C)c6ccc(C=N[C@H](C)C7CCCCC7)[nH]6)=N5)c5ccccc5)[nH]4)cc3-c3ccccc3)C=C2)[nH]1)C1CCCCC1. The molecule has 0 saturated heterocycles. The molecular weight excluding hydrogens is 1000 g/mol. The predicted molar refractivity (Wildman–Crippen MR) is 344 cm³/mol. The molecule has 4 aliphatic rings. The Balaban J connectivity index is 0.936. The van der Waals surface area contributed by atoms with Crippen LogP contribution in [0, 0.1) is 11.8 Å². The van der Waals surface area contributed by atoms with E-state index in [2.05, 4.69) is 244 Å². The molecule has 0 spiro atoms. The smallest absolute Gasteiger partial charge is 0.0733 e. The van der Waals surface area contributed by atoms with Crippen molar-refractivity contribution in [3.63, 3.8) is 0 Å². The molecular formula is C74H78N8. The maximum absolute atomic E-state index is 5.55. The first-order valence-corrected chi connectivity index (χ1v) is 30.1. The van der Waals surface area contributed by atoms with Gasteiger partial charge >= 0.3 is 0 Å². The number of aromatic nitrogens is 4. The second-order valence-electron chi connectivity index (χ2n) is 24.3. The first kappa shape index (κ1) is 54.2. The van der Waals surface area contributed by atoms with Crippen LogP contribution in [-0.2, 0) is 10.8 Å². The fourth-order valence-electron chi connectivity index (χ4n) is 12.9. The Morgan fingerprint density at radius 2 is 0.817 bits per heavy atom. The molecule has 0 bridgehead atoms. The summed E-state index contributed by atoms with van der Waals surface area (Å²) in [7, 11) is 0. The molecule has 4 aromatic heterocycles. The molecule has 2 aliphatic carbocycles. The van der Waals surface area contributed by atoms with Crippen molar-refractivity contribution in [1.82, 2.24) is 19.9 Å². The van der Waals surface area contributed by atoms with E-state index in [0.29, 0.717) is 23.9 Å². The van der Waals surface area contributed by atoms with E-state index in [1.165, 1.54) is 64.2 Å². The third-order valence-corrected chi connectivity index (χ3v) is 18.1. The van der Waals surface area contributed by atoms with E-state index in [0.717, 1.165) is 113 Å².